The summed E-state index contributed by atoms with van der Waals surface area (Å²) in [6.07, 6.45) is 0.344. The van der Waals surface area contributed by atoms with Gasteiger partial charge in [-0.05, 0) is 36.2 Å². The van der Waals surface area contributed by atoms with Crippen molar-refractivity contribution in [3.8, 4) is 5.75 Å². The Kier molecular flexibility index (Phi) is 7.41. The van der Waals surface area contributed by atoms with Crippen molar-refractivity contribution < 1.29 is 45.6 Å². The van der Waals surface area contributed by atoms with Gasteiger partial charge in [0, 0.05) is 30.6 Å². The number of hydrogen-bond donors (Lipinski definition) is 1. The molecular weight excluding hydrogens is 422 g/mol. The maximum Gasteiger partial charge on any atom is 1.00 e. The van der Waals surface area contributed by atoms with Crippen molar-refractivity contribution in [1.82, 2.24) is 9.47 Å². The number of fused-ring (bicyclic) bond motifs is 3. The van der Waals surface area contributed by atoms with Crippen LogP contribution in [0.2, 0.25) is 10.0 Å². The second-order valence-electron chi connectivity index (χ2n) is 6.76. The summed E-state index contributed by atoms with van der Waals surface area (Å²) < 4.78 is 8.02. The monoisotopic (exact) mass is 442 g/mol. The van der Waals surface area contributed by atoms with E-state index in [0.717, 1.165) is 27.9 Å². The summed E-state index contributed by atoms with van der Waals surface area (Å²) in [6, 6.07) is 13.3. The molecule has 8 heteroatoms. The number of hydrogen-bond acceptors (Lipinski definition) is 2. The number of amides is 1. The topological polar surface area (TPSA) is 54.7 Å². The molecule has 2 heterocycles. The molecule has 1 amide bonds. The number of ether oxygens (including phenoxy) is 1. The van der Waals surface area contributed by atoms with Crippen LogP contribution in [0.25, 0.3) is 10.9 Å². The third kappa shape index (κ3) is 4.54. The van der Waals surface area contributed by atoms with Crippen molar-refractivity contribution >= 4 is 40.2 Å². The van der Waals surface area contributed by atoms with Crippen LogP contribution in [0.4, 0.5) is 4.79 Å². The van der Waals surface area contributed by atoms with Crippen molar-refractivity contribution in [2.45, 2.75) is 19.4 Å². The van der Waals surface area contributed by atoms with Crippen LogP contribution in [0.3, 0.4) is 0 Å². The standard InChI is InChI=1S/C21H20Cl2N2O3.Na.H/c22-16-6-7-17(23)20-19(16)15-8-10-24(21(26)27)11-9-18(15)25(20)12-13-28-14-4-2-1-3-5-14;;/h1-7H,8-13H2,(H,26,27);;/q;+1;-1. The maximum atomic E-state index is 11.4. The van der Waals surface area contributed by atoms with Crippen LogP contribution in [0.1, 0.15) is 12.7 Å². The summed E-state index contributed by atoms with van der Waals surface area (Å²) in [7, 11) is 0. The van der Waals surface area contributed by atoms with Crippen LogP contribution in [-0.4, -0.2) is 40.4 Å². The van der Waals surface area contributed by atoms with Gasteiger partial charge in [-0.3, -0.25) is 0 Å². The van der Waals surface area contributed by atoms with Gasteiger partial charge in [-0.2, -0.15) is 0 Å². The molecule has 0 unspecified atom stereocenters. The van der Waals surface area contributed by atoms with Crippen LogP contribution >= 0.6 is 23.2 Å². The summed E-state index contributed by atoms with van der Waals surface area (Å²) in [5.74, 6) is 0.811. The molecule has 0 fully saturated rings. The Labute approximate surface area is 202 Å². The zero-order chi connectivity index (χ0) is 19.7. The fraction of sp³-hybridized carbons (Fsp3) is 0.286. The largest absolute Gasteiger partial charge is 1.00 e. The van der Waals surface area contributed by atoms with Gasteiger partial charge in [-0.25, -0.2) is 4.79 Å². The normalized spacial score (nSPS) is 13.5. The number of carbonyl (C=O) groups is 1. The first-order valence-corrected chi connectivity index (χ1v) is 9.95. The Morgan fingerprint density at radius 3 is 2.48 bits per heavy atom. The third-order valence-electron chi connectivity index (χ3n) is 5.17. The van der Waals surface area contributed by atoms with Crippen molar-refractivity contribution in [2.24, 2.45) is 0 Å². The minimum atomic E-state index is -0.891. The average molecular weight is 443 g/mol. The zero-order valence-electron chi connectivity index (χ0n) is 17.2. The van der Waals surface area contributed by atoms with Gasteiger partial charge in [0.15, 0.2) is 0 Å². The van der Waals surface area contributed by atoms with E-state index in [2.05, 4.69) is 4.57 Å². The number of para-hydroxylation sites is 1. The van der Waals surface area contributed by atoms with E-state index in [4.69, 9.17) is 27.9 Å². The number of carboxylic acid groups (broad SMARTS) is 1. The molecule has 1 aromatic heterocycles. The minimum Gasteiger partial charge on any atom is -1.00 e. The fourth-order valence-corrected chi connectivity index (χ4v) is 4.42. The van der Waals surface area contributed by atoms with Crippen LogP contribution in [0, 0.1) is 0 Å². The van der Waals surface area contributed by atoms with E-state index < -0.39 is 6.09 Å². The van der Waals surface area contributed by atoms with Crippen molar-refractivity contribution in [2.75, 3.05) is 19.7 Å². The smallest absolute Gasteiger partial charge is 1.00 e. The second-order valence-corrected chi connectivity index (χ2v) is 7.58. The first-order valence-electron chi connectivity index (χ1n) is 9.20. The third-order valence-corrected chi connectivity index (χ3v) is 5.79. The minimum absolute atomic E-state index is 0. The molecule has 0 bridgehead atoms. The molecule has 1 aliphatic heterocycles. The van der Waals surface area contributed by atoms with Crippen LogP contribution in [-0.2, 0) is 19.4 Å². The summed E-state index contributed by atoms with van der Waals surface area (Å²) in [5, 5.41) is 11.6. The van der Waals surface area contributed by atoms with Gasteiger partial charge < -0.3 is 20.7 Å². The van der Waals surface area contributed by atoms with Gasteiger partial charge in [-0.15, -0.1) is 0 Å². The average Bonchev–Trinajstić information content (AvgIpc) is 2.85. The van der Waals surface area contributed by atoms with Gasteiger partial charge in [0.05, 0.1) is 22.1 Å². The number of aromatic nitrogens is 1. The molecule has 1 aliphatic rings. The van der Waals surface area contributed by atoms with E-state index in [1.54, 1.807) is 6.07 Å². The molecule has 0 saturated carbocycles. The van der Waals surface area contributed by atoms with E-state index in [9.17, 15) is 9.90 Å². The molecule has 148 valence electrons. The Morgan fingerprint density at radius 1 is 1.07 bits per heavy atom. The Morgan fingerprint density at radius 2 is 1.76 bits per heavy atom. The second kappa shape index (κ2) is 9.63. The molecule has 0 spiro atoms. The van der Waals surface area contributed by atoms with Gasteiger partial charge in [0.1, 0.15) is 12.4 Å². The summed E-state index contributed by atoms with van der Waals surface area (Å²) in [5.41, 5.74) is 3.08. The molecule has 1 N–H and O–H groups in total. The van der Waals surface area contributed by atoms with Crippen LogP contribution < -0.4 is 34.3 Å². The maximum absolute atomic E-state index is 11.4. The van der Waals surface area contributed by atoms with Gasteiger partial charge in [-0.1, -0.05) is 41.4 Å². The van der Waals surface area contributed by atoms with Crippen molar-refractivity contribution in [3.63, 3.8) is 0 Å². The van der Waals surface area contributed by atoms with Gasteiger partial charge in [0.25, 0.3) is 0 Å². The van der Waals surface area contributed by atoms with Crippen LogP contribution in [0.5, 0.6) is 5.75 Å². The SMILES string of the molecule is O=C(O)N1CCc2c(n(CCOc3ccccc3)c3c(Cl)ccc(Cl)c23)CC1.[H-].[Na+]. The Hall–Kier alpha value is -1.37. The number of halogens is 2. The number of nitrogens with zero attached hydrogens (tertiary/aromatic N) is 2. The predicted octanol–water partition coefficient (Wildman–Crippen LogP) is 2.22. The zero-order valence-corrected chi connectivity index (χ0v) is 19.7. The summed E-state index contributed by atoms with van der Waals surface area (Å²) >= 11 is 13.1. The van der Waals surface area contributed by atoms with E-state index in [0.29, 0.717) is 49.1 Å². The predicted molar refractivity (Wildman–Crippen MR) is 112 cm³/mol. The Balaban J connectivity index is 0.00000160. The Bertz CT molecular complexity index is 1030. The molecule has 5 nitrogen and oxygen atoms in total. The summed E-state index contributed by atoms with van der Waals surface area (Å²) in [4.78, 5) is 12.9. The molecule has 3 aromatic rings. The van der Waals surface area contributed by atoms with Crippen molar-refractivity contribution in [3.05, 3.63) is 63.8 Å². The van der Waals surface area contributed by atoms with E-state index in [-0.39, 0.29) is 31.0 Å². The van der Waals surface area contributed by atoms with E-state index in [1.807, 2.05) is 36.4 Å². The first kappa shape index (κ1) is 22.3. The molecule has 2 aromatic carbocycles. The van der Waals surface area contributed by atoms with Crippen LogP contribution in [0.15, 0.2) is 42.5 Å². The van der Waals surface area contributed by atoms with E-state index >= 15 is 0 Å². The summed E-state index contributed by atoms with van der Waals surface area (Å²) in [6.45, 7) is 1.98. The molecule has 0 aliphatic carbocycles. The van der Waals surface area contributed by atoms with E-state index in [1.165, 1.54) is 4.90 Å². The molecule has 29 heavy (non-hydrogen) atoms. The molecular formula is C21H21Cl2N2NaO3. The molecule has 0 radical (unpaired) electrons. The molecule has 0 saturated heterocycles. The van der Waals surface area contributed by atoms with Gasteiger partial charge in [0.2, 0.25) is 0 Å². The van der Waals surface area contributed by atoms with Crippen molar-refractivity contribution in [1.29, 1.82) is 0 Å². The van der Waals surface area contributed by atoms with Gasteiger partial charge >= 0.3 is 35.7 Å². The number of rotatable bonds is 4. The quantitative estimate of drug-likeness (QED) is 0.630. The number of benzene rings is 2. The fourth-order valence-electron chi connectivity index (χ4n) is 3.90. The first-order chi connectivity index (χ1) is 13.6. The molecule has 4 rings (SSSR count). The molecule has 0 atom stereocenters.